The molecule has 3 nitrogen and oxygen atoms in total. The van der Waals surface area contributed by atoms with Crippen LogP contribution in [0, 0.1) is 6.92 Å². The number of hydrogen-bond acceptors (Lipinski definition) is 3. The maximum absolute atomic E-state index is 5.75. The van der Waals surface area contributed by atoms with Gasteiger partial charge in [-0.25, -0.2) is 0 Å². The minimum Gasteiger partial charge on any atom is -0.496 e. The zero-order chi connectivity index (χ0) is 14.5. The molecule has 0 aliphatic rings. The number of ether oxygens (including phenoxy) is 1. The van der Waals surface area contributed by atoms with Crippen molar-refractivity contribution in [3.8, 4) is 5.75 Å². The Balaban J connectivity index is 2.63. The van der Waals surface area contributed by atoms with E-state index in [1.807, 2.05) is 13.0 Å². The number of nitrogens with one attached hydrogen (secondary N) is 1. The van der Waals surface area contributed by atoms with Crippen LogP contribution in [0.2, 0.25) is 0 Å². The first-order chi connectivity index (χ1) is 8.86. The normalized spacial score (nSPS) is 13.4. The molecule has 0 aliphatic carbocycles. The Morgan fingerprint density at radius 1 is 1.37 bits per heavy atom. The molecule has 0 heterocycles. The summed E-state index contributed by atoms with van der Waals surface area (Å²) in [4.78, 5) is 0. The van der Waals surface area contributed by atoms with Crippen molar-refractivity contribution in [1.82, 2.24) is 5.32 Å². The third-order valence-corrected chi connectivity index (χ3v) is 3.52. The maximum Gasteiger partial charge on any atom is 0.121 e. The molecule has 3 N–H and O–H groups in total. The minimum absolute atomic E-state index is 0.106. The van der Waals surface area contributed by atoms with Crippen LogP contribution < -0.4 is 15.8 Å². The van der Waals surface area contributed by atoms with Gasteiger partial charge in [-0.3, -0.25) is 0 Å². The Kier molecular flexibility index (Phi) is 5.83. The van der Waals surface area contributed by atoms with Crippen LogP contribution in [-0.2, 0) is 5.41 Å². The average Bonchev–Trinajstić information content (AvgIpc) is 2.34. The number of methoxy groups -OCH3 is 1. The Labute approximate surface area is 117 Å². The van der Waals surface area contributed by atoms with Crippen molar-refractivity contribution in [3.05, 3.63) is 29.3 Å². The molecule has 1 atom stereocenters. The van der Waals surface area contributed by atoms with Crippen LogP contribution in [0.1, 0.15) is 38.3 Å². The fourth-order valence-corrected chi connectivity index (χ4v) is 2.13. The van der Waals surface area contributed by atoms with Crippen LogP contribution >= 0.6 is 0 Å². The summed E-state index contributed by atoms with van der Waals surface area (Å²) in [5.74, 6) is 0.949. The van der Waals surface area contributed by atoms with Crippen molar-refractivity contribution in [1.29, 1.82) is 0 Å². The van der Waals surface area contributed by atoms with E-state index in [-0.39, 0.29) is 11.5 Å². The molecule has 1 rings (SSSR count). The monoisotopic (exact) mass is 264 g/mol. The van der Waals surface area contributed by atoms with Gasteiger partial charge in [-0.05, 0) is 44.0 Å². The molecule has 0 bridgehead atoms. The fraction of sp³-hybridized carbons (Fsp3) is 0.625. The quantitative estimate of drug-likeness (QED) is 0.744. The highest BCUT2D eigenvalue weighted by molar-refractivity contribution is 5.39. The van der Waals surface area contributed by atoms with E-state index in [1.165, 1.54) is 11.1 Å². The molecular weight excluding hydrogens is 236 g/mol. The average molecular weight is 264 g/mol. The third-order valence-electron chi connectivity index (χ3n) is 3.52. The summed E-state index contributed by atoms with van der Waals surface area (Å²) in [6.07, 6.45) is 1.01. The zero-order valence-corrected chi connectivity index (χ0v) is 12.9. The topological polar surface area (TPSA) is 47.3 Å². The van der Waals surface area contributed by atoms with E-state index in [0.29, 0.717) is 0 Å². The van der Waals surface area contributed by atoms with Gasteiger partial charge >= 0.3 is 0 Å². The van der Waals surface area contributed by atoms with Gasteiger partial charge < -0.3 is 15.8 Å². The van der Waals surface area contributed by atoms with Crippen molar-refractivity contribution in [3.63, 3.8) is 0 Å². The molecule has 19 heavy (non-hydrogen) atoms. The first kappa shape index (κ1) is 16.0. The number of hydrogen-bond donors (Lipinski definition) is 2. The summed E-state index contributed by atoms with van der Waals surface area (Å²) in [7, 11) is 1.71. The van der Waals surface area contributed by atoms with Crippen molar-refractivity contribution in [2.24, 2.45) is 5.73 Å². The Morgan fingerprint density at radius 2 is 2.05 bits per heavy atom. The van der Waals surface area contributed by atoms with Gasteiger partial charge in [-0.1, -0.05) is 26.0 Å². The molecule has 0 radical (unpaired) electrons. The predicted octanol–water partition coefficient (Wildman–Crippen LogP) is 2.61. The van der Waals surface area contributed by atoms with E-state index in [1.54, 1.807) is 7.11 Å². The Hall–Kier alpha value is -1.06. The van der Waals surface area contributed by atoms with Crippen molar-refractivity contribution in [2.75, 3.05) is 20.2 Å². The van der Waals surface area contributed by atoms with Crippen molar-refractivity contribution < 1.29 is 4.74 Å². The molecule has 1 aromatic rings. The number of rotatable bonds is 7. The highest BCUT2D eigenvalue weighted by atomic mass is 16.5. The maximum atomic E-state index is 5.75. The fourth-order valence-electron chi connectivity index (χ4n) is 2.13. The van der Waals surface area contributed by atoms with Gasteiger partial charge in [0, 0.05) is 18.0 Å². The van der Waals surface area contributed by atoms with Crippen LogP contribution in [0.25, 0.3) is 0 Å². The summed E-state index contributed by atoms with van der Waals surface area (Å²) in [5.41, 5.74) is 8.37. The Bertz CT molecular complexity index is 400. The molecule has 0 fully saturated rings. The van der Waals surface area contributed by atoms with Gasteiger partial charge in [-0.2, -0.15) is 0 Å². The van der Waals surface area contributed by atoms with Crippen LogP contribution in [0.5, 0.6) is 5.75 Å². The highest BCUT2D eigenvalue weighted by Crippen LogP contribution is 2.27. The van der Waals surface area contributed by atoms with Crippen LogP contribution in [0.3, 0.4) is 0 Å². The van der Waals surface area contributed by atoms with Crippen LogP contribution in [-0.4, -0.2) is 26.2 Å². The first-order valence-electron chi connectivity index (χ1n) is 6.98. The minimum atomic E-state index is 0.106. The summed E-state index contributed by atoms with van der Waals surface area (Å²) >= 11 is 0. The van der Waals surface area contributed by atoms with Gasteiger partial charge in [-0.15, -0.1) is 0 Å². The molecule has 3 heteroatoms. The molecule has 0 spiro atoms. The van der Waals surface area contributed by atoms with Crippen LogP contribution in [0.15, 0.2) is 18.2 Å². The van der Waals surface area contributed by atoms with E-state index >= 15 is 0 Å². The summed E-state index contributed by atoms with van der Waals surface area (Å²) in [5, 5.41) is 3.49. The van der Waals surface area contributed by atoms with Gasteiger partial charge in [0.25, 0.3) is 0 Å². The molecule has 108 valence electrons. The lowest BCUT2D eigenvalue weighted by Crippen LogP contribution is -2.35. The molecule has 0 amide bonds. The van der Waals surface area contributed by atoms with E-state index in [0.717, 1.165) is 25.3 Å². The van der Waals surface area contributed by atoms with E-state index < -0.39 is 0 Å². The number of benzene rings is 1. The van der Waals surface area contributed by atoms with E-state index in [2.05, 4.69) is 38.2 Å². The summed E-state index contributed by atoms with van der Waals surface area (Å²) < 4.78 is 5.31. The molecule has 0 aromatic heterocycles. The number of aryl methyl sites for hydroxylation is 1. The SMILES string of the molecule is COc1ccc(C(C)(C)CNCCC(C)N)cc1C. The smallest absolute Gasteiger partial charge is 0.121 e. The highest BCUT2D eigenvalue weighted by Gasteiger charge is 2.20. The Morgan fingerprint density at radius 3 is 2.58 bits per heavy atom. The van der Waals surface area contributed by atoms with Crippen LogP contribution in [0.4, 0.5) is 0 Å². The lowest BCUT2D eigenvalue weighted by molar-refractivity contribution is 0.410. The standard InChI is InChI=1S/C16H28N2O/c1-12-10-14(6-7-15(12)19-5)16(3,4)11-18-9-8-13(2)17/h6-7,10,13,18H,8-9,11,17H2,1-5H3. The lowest BCUT2D eigenvalue weighted by Gasteiger charge is -2.27. The second kappa shape index (κ2) is 6.92. The van der Waals surface area contributed by atoms with E-state index in [9.17, 15) is 0 Å². The van der Waals surface area contributed by atoms with Gasteiger partial charge in [0.05, 0.1) is 7.11 Å². The van der Waals surface area contributed by atoms with Gasteiger partial charge in [0.1, 0.15) is 5.75 Å². The van der Waals surface area contributed by atoms with Crippen molar-refractivity contribution >= 4 is 0 Å². The largest absolute Gasteiger partial charge is 0.496 e. The molecule has 0 aliphatic heterocycles. The van der Waals surface area contributed by atoms with Gasteiger partial charge in [0.15, 0.2) is 0 Å². The second-order valence-electron chi connectivity index (χ2n) is 6.01. The first-order valence-corrected chi connectivity index (χ1v) is 6.98. The second-order valence-corrected chi connectivity index (χ2v) is 6.01. The van der Waals surface area contributed by atoms with E-state index in [4.69, 9.17) is 10.5 Å². The molecular formula is C16H28N2O. The van der Waals surface area contributed by atoms with Crippen molar-refractivity contribution in [2.45, 2.75) is 45.6 Å². The molecule has 1 aromatic carbocycles. The zero-order valence-electron chi connectivity index (χ0n) is 12.9. The molecule has 0 saturated heterocycles. The molecule has 1 unspecified atom stereocenters. The predicted molar refractivity (Wildman–Crippen MR) is 81.9 cm³/mol. The van der Waals surface area contributed by atoms with Gasteiger partial charge in [0.2, 0.25) is 0 Å². The summed E-state index contributed by atoms with van der Waals surface area (Å²) in [6, 6.07) is 6.68. The summed E-state index contributed by atoms with van der Waals surface area (Å²) in [6.45, 7) is 10.6. The number of nitrogens with two attached hydrogens (primary N) is 1. The molecule has 0 saturated carbocycles. The lowest BCUT2D eigenvalue weighted by atomic mass is 9.83. The third kappa shape index (κ3) is 4.84.